The van der Waals surface area contributed by atoms with Crippen LogP contribution in [0.4, 0.5) is 0 Å². The zero-order chi connectivity index (χ0) is 14.4. The van der Waals surface area contributed by atoms with E-state index in [1.807, 2.05) is 7.05 Å². The van der Waals surface area contributed by atoms with Crippen molar-refractivity contribution in [1.29, 1.82) is 0 Å². The number of nitrogens with one attached hydrogen (secondary N) is 1. The lowest BCUT2D eigenvalue weighted by molar-refractivity contribution is -0.00770. The fourth-order valence-electron chi connectivity index (χ4n) is 3.06. The van der Waals surface area contributed by atoms with E-state index in [1.165, 1.54) is 30.4 Å². The molecule has 0 aliphatic heterocycles. The van der Waals surface area contributed by atoms with Crippen LogP contribution in [0.3, 0.4) is 0 Å². The van der Waals surface area contributed by atoms with Gasteiger partial charge in [0.25, 0.3) is 0 Å². The fourth-order valence-corrected chi connectivity index (χ4v) is 3.06. The molecular formula is C18H29NO. The summed E-state index contributed by atoms with van der Waals surface area (Å²) in [5.41, 5.74) is 2.77. The predicted molar refractivity (Wildman–Crippen MR) is 84.8 cm³/mol. The van der Waals surface area contributed by atoms with E-state index >= 15 is 0 Å². The van der Waals surface area contributed by atoms with Crippen LogP contribution in [0.15, 0.2) is 24.3 Å². The summed E-state index contributed by atoms with van der Waals surface area (Å²) in [7, 11) is 2.00. The fraction of sp³-hybridized carbons (Fsp3) is 0.667. The zero-order valence-electron chi connectivity index (χ0n) is 13.2. The quantitative estimate of drug-likeness (QED) is 0.853. The van der Waals surface area contributed by atoms with Crippen LogP contribution in [0.1, 0.15) is 44.2 Å². The number of hydrogen-bond acceptors (Lipinski definition) is 2. The molecule has 1 aliphatic carbocycles. The molecule has 2 nitrogen and oxygen atoms in total. The van der Waals surface area contributed by atoms with E-state index in [2.05, 4.69) is 43.4 Å². The molecule has 1 N–H and O–H groups in total. The van der Waals surface area contributed by atoms with Gasteiger partial charge in [-0.2, -0.15) is 0 Å². The Morgan fingerprint density at radius 1 is 1.10 bits per heavy atom. The van der Waals surface area contributed by atoms with Crippen LogP contribution in [-0.2, 0) is 17.8 Å². The maximum Gasteiger partial charge on any atom is 0.0723 e. The monoisotopic (exact) mass is 275 g/mol. The van der Waals surface area contributed by atoms with Gasteiger partial charge in [0.1, 0.15) is 0 Å². The summed E-state index contributed by atoms with van der Waals surface area (Å²) >= 11 is 0. The van der Waals surface area contributed by atoms with E-state index < -0.39 is 0 Å². The second kappa shape index (κ2) is 7.80. The molecule has 0 bridgehead atoms. The second-order valence-corrected chi connectivity index (χ2v) is 6.32. The normalized spacial score (nSPS) is 26.6. The minimum atomic E-state index is 0.457. The molecule has 0 spiro atoms. The first-order chi connectivity index (χ1) is 9.70. The summed E-state index contributed by atoms with van der Waals surface area (Å²) in [6.45, 7) is 6.52. The summed E-state index contributed by atoms with van der Waals surface area (Å²) in [6.07, 6.45) is 5.30. The highest BCUT2D eigenvalue weighted by Gasteiger charge is 2.24. The number of benzene rings is 1. The smallest absolute Gasteiger partial charge is 0.0723 e. The van der Waals surface area contributed by atoms with Gasteiger partial charge in [-0.1, -0.05) is 38.1 Å². The molecule has 0 amide bonds. The molecule has 3 unspecified atom stereocenters. The molecule has 112 valence electrons. The molecule has 20 heavy (non-hydrogen) atoms. The molecule has 0 radical (unpaired) electrons. The topological polar surface area (TPSA) is 21.3 Å². The van der Waals surface area contributed by atoms with Crippen LogP contribution in [0, 0.1) is 11.8 Å². The Morgan fingerprint density at radius 2 is 1.85 bits per heavy atom. The summed E-state index contributed by atoms with van der Waals surface area (Å²) in [4.78, 5) is 0. The first-order valence-corrected chi connectivity index (χ1v) is 8.03. The Bertz CT molecular complexity index is 404. The molecule has 1 aromatic carbocycles. The van der Waals surface area contributed by atoms with E-state index in [1.54, 1.807) is 0 Å². The standard InChI is InChI=1S/C18H29NO/c1-14-8-9-18(12-15(14)2)20-13-17-7-5-4-6-16(17)10-11-19-3/h4-7,14-15,18-19H,8-13H2,1-3H3. The third kappa shape index (κ3) is 4.32. The van der Waals surface area contributed by atoms with Crippen LogP contribution in [-0.4, -0.2) is 19.7 Å². The molecule has 1 saturated carbocycles. The molecule has 0 heterocycles. The molecule has 1 aromatic rings. The summed E-state index contributed by atoms with van der Waals surface area (Å²) in [5.74, 6) is 1.66. The highest BCUT2D eigenvalue weighted by Crippen LogP contribution is 2.31. The van der Waals surface area contributed by atoms with Gasteiger partial charge in [0.15, 0.2) is 0 Å². The lowest BCUT2D eigenvalue weighted by atomic mass is 9.80. The molecule has 2 rings (SSSR count). The largest absolute Gasteiger partial charge is 0.374 e. The predicted octanol–water partition coefficient (Wildman–Crippen LogP) is 3.79. The van der Waals surface area contributed by atoms with E-state index in [0.717, 1.165) is 31.4 Å². The minimum absolute atomic E-state index is 0.457. The summed E-state index contributed by atoms with van der Waals surface area (Å²) < 4.78 is 6.19. The van der Waals surface area contributed by atoms with Crippen LogP contribution in [0.5, 0.6) is 0 Å². The Labute approximate surface area is 123 Å². The maximum absolute atomic E-state index is 6.19. The van der Waals surface area contributed by atoms with Gasteiger partial charge in [-0.25, -0.2) is 0 Å². The van der Waals surface area contributed by atoms with Crippen molar-refractivity contribution in [2.45, 2.75) is 52.2 Å². The SMILES string of the molecule is CNCCc1ccccc1COC1CCC(C)C(C)C1. The Hall–Kier alpha value is -0.860. The first-order valence-electron chi connectivity index (χ1n) is 8.03. The van der Waals surface area contributed by atoms with Crippen molar-refractivity contribution >= 4 is 0 Å². The Morgan fingerprint density at radius 3 is 2.55 bits per heavy atom. The van der Waals surface area contributed by atoms with E-state index in [-0.39, 0.29) is 0 Å². The van der Waals surface area contributed by atoms with Crippen molar-refractivity contribution in [2.75, 3.05) is 13.6 Å². The first kappa shape index (κ1) is 15.5. The van der Waals surface area contributed by atoms with Gasteiger partial charge < -0.3 is 10.1 Å². The lowest BCUT2D eigenvalue weighted by Gasteiger charge is -2.32. The maximum atomic E-state index is 6.19. The zero-order valence-corrected chi connectivity index (χ0v) is 13.2. The van der Waals surface area contributed by atoms with Crippen molar-refractivity contribution in [3.8, 4) is 0 Å². The number of ether oxygens (including phenoxy) is 1. The van der Waals surface area contributed by atoms with Gasteiger partial charge in [-0.15, -0.1) is 0 Å². The van der Waals surface area contributed by atoms with Gasteiger partial charge >= 0.3 is 0 Å². The average Bonchev–Trinajstić information content (AvgIpc) is 2.47. The summed E-state index contributed by atoms with van der Waals surface area (Å²) in [6, 6.07) is 8.67. The van der Waals surface area contributed by atoms with Crippen molar-refractivity contribution in [1.82, 2.24) is 5.32 Å². The molecule has 3 atom stereocenters. The van der Waals surface area contributed by atoms with Crippen LogP contribution >= 0.6 is 0 Å². The third-order valence-electron chi connectivity index (χ3n) is 4.79. The van der Waals surface area contributed by atoms with E-state index in [4.69, 9.17) is 4.74 Å². The van der Waals surface area contributed by atoms with Gasteiger partial charge in [0.05, 0.1) is 12.7 Å². The molecule has 0 aromatic heterocycles. The number of likely N-dealkylation sites (N-methyl/N-ethyl adjacent to an activating group) is 1. The van der Waals surface area contributed by atoms with Crippen LogP contribution < -0.4 is 5.32 Å². The lowest BCUT2D eigenvalue weighted by Crippen LogP contribution is -2.26. The highest BCUT2D eigenvalue weighted by molar-refractivity contribution is 5.26. The van der Waals surface area contributed by atoms with Crippen molar-refractivity contribution in [2.24, 2.45) is 11.8 Å². The Balaban J connectivity index is 1.87. The van der Waals surface area contributed by atoms with Crippen molar-refractivity contribution in [3.05, 3.63) is 35.4 Å². The minimum Gasteiger partial charge on any atom is -0.374 e. The second-order valence-electron chi connectivity index (χ2n) is 6.32. The summed E-state index contributed by atoms with van der Waals surface area (Å²) in [5, 5.41) is 3.22. The van der Waals surface area contributed by atoms with E-state index in [0.29, 0.717) is 6.10 Å². The van der Waals surface area contributed by atoms with Crippen molar-refractivity contribution in [3.63, 3.8) is 0 Å². The van der Waals surface area contributed by atoms with Crippen molar-refractivity contribution < 1.29 is 4.74 Å². The molecule has 2 heteroatoms. The van der Waals surface area contributed by atoms with Gasteiger partial charge in [0, 0.05) is 0 Å². The van der Waals surface area contributed by atoms with Gasteiger partial charge in [-0.3, -0.25) is 0 Å². The molecule has 0 saturated heterocycles. The van der Waals surface area contributed by atoms with Gasteiger partial charge in [0.2, 0.25) is 0 Å². The molecular weight excluding hydrogens is 246 g/mol. The average molecular weight is 275 g/mol. The number of rotatable bonds is 6. The van der Waals surface area contributed by atoms with E-state index in [9.17, 15) is 0 Å². The highest BCUT2D eigenvalue weighted by atomic mass is 16.5. The van der Waals surface area contributed by atoms with Crippen LogP contribution in [0.2, 0.25) is 0 Å². The van der Waals surface area contributed by atoms with Gasteiger partial charge in [-0.05, 0) is 62.2 Å². The molecule has 1 fully saturated rings. The number of hydrogen-bond donors (Lipinski definition) is 1. The van der Waals surface area contributed by atoms with Crippen LogP contribution in [0.25, 0.3) is 0 Å². The Kier molecular flexibility index (Phi) is 6.06. The third-order valence-corrected chi connectivity index (χ3v) is 4.79. The molecule has 1 aliphatic rings.